The Morgan fingerprint density at radius 3 is 2.62 bits per heavy atom. The molecule has 6 nitrogen and oxygen atoms in total. The molecule has 0 aliphatic carbocycles. The van der Waals surface area contributed by atoms with Crippen molar-refractivity contribution in [2.24, 2.45) is 0 Å². The standard InChI is InChI=1S/C23H23NO5/c1-16-7-9-17(10-8-16)26-14-18-11-12-22(28-18)23(25)24(2)13-19-15-27-20-5-3-4-6-21(20)29-19/h3-12,19H,13-15H2,1-2H3/t19-/m0/s1. The molecule has 0 spiro atoms. The molecule has 0 fully saturated rings. The van der Waals surface area contributed by atoms with Crippen LogP contribution in [0.4, 0.5) is 0 Å². The van der Waals surface area contributed by atoms with Crippen molar-refractivity contribution >= 4 is 5.91 Å². The van der Waals surface area contributed by atoms with E-state index in [-0.39, 0.29) is 24.4 Å². The minimum absolute atomic E-state index is 0.214. The molecule has 0 bridgehead atoms. The van der Waals surface area contributed by atoms with Crippen molar-refractivity contribution in [2.45, 2.75) is 19.6 Å². The molecule has 2 heterocycles. The van der Waals surface area contributed by atoms with Crippen LogP contribution in [0.5, 0.6) is 17.2 Å². The third-order valence-corrected chi connectivity index (χ3v) is 4.67. The van der Waals surface area contributed by atoms with Gasteiger partial charge < -0.3 is 23.5 Å². The summed E-state index contributed by atoms with van der Waals surface area (Å²) in [6.45, 7) is 3.07. The Bertz CT molecular complexity index is 979. The van der Waals surface area contributed by atoms with Gasteiger partial charge >= 0.3 is 0 Å². The number of nitrogens with zero attached hydrogens (tertiary/aromatic N) is 1. The summed E-state index contributed by atoms with van der Waals surface area (Å²) in [6.07, 6.45) is -0.238. The number of ether oxygens (including phenoxy) is 3. The number of benzene rings is 2. The van der Waals surface area contributed by atoms with Crippen LogP contribution in [-0.2, 0) is 6.61 Å². The predicted octanol–water partition coefficient (Wildman–Crippen LogP) is 4.08. The van der Waals surface area contributed by atoms with Gasteiger partial charge in [0.15, 0.2) is 23.4 Å². The van der Waals surface area contributed by atoms with E-state index in [2.05, 4.69) is 0 Å². The topological polar surface area (TPSA) is 61.1 Å². The van der Waals surface area contributed by atoms with Gasteiger partial charge in [-0.05, 0) is 43.3 Å². The third-order valence-electron chi connectivity index (χ3n) is 4.67. The highest BCUT2D eigenvalue weighted by molar-refractivity contribution is 5.91. The Labute approximate surface area is 169 Å². The largest absolute Gasteiger partial charge is 0.486 e. The first-order valence-corrected chi connectivity index (χ1v) is 9.50. The monoisotopic (exact) mass is 393 g/mol. The molecule has 0 radical (unpaired) electrons. The molecule has 0 saturated heterocycles. The van der Waals surface area contributed by atoms with Gasteiger partial charge in [-0.25, -0.2) is 0 Å². The van der Waals surface area contributed by atoms with Crippen molar-refractivity contribution in [1.82, 2.24) is 4.90 Å². The van der Waals surface area contributed by atoms with E-state index in [0.717, 1.165) is 11.5 Å². The van der Waals surface area contributed by atoms with Crippen LogP contribution in [0.25, 0.3) is 0 Å². The normalized spacial score (nSPS) is 15.0. The van der Waals surface area contributed by atoms with Crippen LogP contribution in [0.2, 0.25) is 0 Å². The fraction of sp³-hybridized carbons (Fsp3) is 0.261. The van der Waals surface area contributed by atoms with Gasteiger partial charge in [-0.1, -0.05) is 29.8 Å². The van der Waals surface area contributed by atoms with Crippen LogP contribution in [0, 0.1) is 6.92 Å². The highest BCUT2D eigenvalue weighted by Crippen LogP contribution is 2.31. The molecule has 3 aromatic rings. The smallest absolute Gasteiger partial charge is 0.289 e. The number of aryl methyl sites for hydroxylation is 1. The molecule has 1 aliphatic heterocycles. The van der Waals surface area contributed by atoms with Gasteiger partial charge in [0, 0.05) is 7.05 Å². The maximum absolute atomic E-state index is 12.7. The molecule has 29 heavy (non-hydrogen) atoms. The van der Waals surface area contributed by atoms with Gasteiger partial charge in [0.2, 0.25) is 0 Å². The first kappa shape index (κ1) is 18.9. The SMILES string of the molecule is Cc1ccc(OCc2ccc(C(=O)N(C)C[C@H]3COc4ccccc4O3)o2)cc1. The van der Waals surface area contributed by atoms with E-state index in [1.807, 2.05) is 55.5 Å². The number of hydrogen-bond acceptors (Lipinski definition) is 5. The Morgan fingerprint density at radius 1 is 1.07 bits per heavy atom. The number of furan rings is 1. The first-order chi connectivity index (χ1) is 14.1. The van der Waals surface area contributed by atoms with E-state index in [4.69, 9.17) is 18.6 Å². The molecule has 0 saturated carbocycles. The molecule has 0 unspecified atom stereocenters. The number of rotatable bonds is 6. The van der Waals surface area contributed by atoms with Crippen molar-refractivity contribution < 1.29 is 23.4 Å². The minimum Gasteiger partial charge on any atom is -0.486 e. The number of carbonyl (C=O) groups is 1. The van der Waals surface area contributed by atoms with E-state index in [9.17, 15) is 4.79 Å². The quantitative estimate of drug-likeness (QED) is 0.632. The second kappa shape index (κ2) is 8.31. The summed E-state index contributed by atoms with van der Waals surface area (Å²) in [4.78, 5) is 14.3. The molecule has 0 N–H and O–H groups in total. The lowest BCUT2D eigenvalue weighted by molar-refractivity contribution is 0.0499. The van der Waals surface area contributed by atoms with Crippen molar-refractivity contribution in [3.05, 3.63) is 77.7 Å². The summed E-state index contributed by atoms with van der Waals surface area (Å²) in [5, 5.41) is 0. The third kappa shape index (κ3) is 4.54. The van der Waals surface area contributed by atoms with E-state index in [1.54, 1.807) is 24.1 Å². The average Bonchev–Trinajstić information content (AvgIpc) is 3.21. The minimum atomic E-state index is -0.238. The molecule has 1 aromatic heterocycles. The lowest BCUT2D eigenvalue weighted by Crippen LogP contribution is -2.41. The maximum Gasteiger partial charge on any atom is 0.289 e. The van der Waals surface area contributed by atoms with Gasteiger partial charge in [0.05, 0.1) is 6.54 Å². The molecule has 1 atom stereocenters. The first-order valence-electron chi connectivity index (χ1n) is 9.50. The van der Waals surface area contributed by atoms with Gasteiger partial charge in [-0.15, -0.1) is 0 Å². The molecular formula is C23H23NO5. The van der Waals surface area contributed by atoms with Crippen LogP contribution in [0.15, 0.2) is 65.1 Å². The Morgan fingerprint density at radius 2 is 1.83 bits per heavy atom. The fourth-order valence-electron chi connectivity index (χ4n) is 3.09. The molecule has 6 heteroatoms. The molecule has 1 amide bonds. The van der Waals surface area contributed by atoms with E-state index < -0.39 is 0 Å². The van der Waals surface area contributed by atoms with E-state index in [0.29, 0.717) is 24.7 Å². The van der Waals surface area contributed by atoms with E-state index >= 15 is 0 Å². The zero-order chi connectivity index (χ0) is 20.2. The van der Waals surface area contributed by atoms with Gasteiger partial charge in [-0.3, -0.25) is 4.79 Å². The Balaban J connectivity index is 1.32. The summed E-state index contributed by atoms with van der Waals surface area (Å²) in [6, 6.07) is 18.7. The fourth-order valence-corrected chi connectivity index (χ4v) is 3.09. The predicted molar refractivity (Wildman–Crippen MR) is 108 cm³/mol. The van der Waals surface area contributed by atoms with Gasteiger partial charge in [0.25, 0.3) is 5.91 Å². The maximum atomic E-state index is 12.7. The van der Waals surface area contributed by atoms with Crippen LogP contribution in [0.3, 0.4) is 0 Å². The summed E-state index contributed by atoms with van der Waals surface area (Å²) < 4.78 is 23.0. The highest BCUT2D eigenvalue weighted by Gasteiger charge is 2.25. The van der Waals surface area contributed by atoms with Gasteiger partial charge in [-0.2, -0.15) is 0 Å². The molecule has 150 valence electrons. The lowest BCUT2D eigenvalue weighted by atomic mass is 10.2. The summed E-state index contributed by atoms with van der Waals surface area (Å²) in [5.74, 6) is 2.82. The highest BCUT2D eigenvalue weighted by atomic mass is 16.6. The number of likely N-dealkylation sites (N-methyl/N-ethyl adjacent to an activating group) is 1. The zero-order valence-electron chi connectivity index (χ0n) is 16.5. The molecular weight excluding hydrogens is 370 g/mol. The van der Waals surface area contributed by atoms with Crippen molar-refractivity contribution in [3.63, 3.8) is 0 Å². The number of hydrogen-bond donors (Lipinski definition) is 0. The van der Waals surface area contributed by atoms with Gasteiger partial charge in [0.1, 0.15) is 24.7 Å². The Kier molecular flexibility index (Phi) is 5.42. The van der Waals surface area contributed by atoms with Crippen LogP contribution >= 0.6 is 0 Å². The second-order valence-electron chi connectivity index (χ2n) is 7.05. The average molecular weight is 393 g/mol. The molecule has 1 aliphatic rings. The van der Waals surface area contributed by atoms with Crippen LogP contribution in [0.1, 0.15) is 21.9 Å². The number of carbonyl (C=O) groups excluding carboxylic acids is 1. The lowest BCUT2D eigenvalue weighted by Gasteiger charge is -2.29. The molecule has 2 aromatic carbocycles. The summed E-state index contributed by atoms with van der Waals surface area (Å²) in [7, 11) is 1.72. The van der Waals surface area contributed by atoms with Crippen LogP contribution < -0.4 is 14.2 Å². The second-order valence-corrected chi connectivity index (χ2v) is 7.05. The number of para-hydroxylation sites is 2. The summed E-state index contributed by atoms with van der Waals surface area (Å²) >= 11 is 0. The van der Waals surface area contributed by atoms with E-state index in [1.165, 1.54) is 5.56 Å². The zero-order valence-corrected chi connectivity index (χ0v) is 16.5. The van der Waals surface area contributed by atoms with Crippen molar-refractivity contribution in [2.75, 3.05) is 20.2 Å². The van der Waals surface area contributed by atoms with Crippen LogP contribution in [-0.4, -0.2) is 37.1 Å². The van der Waals surface area contributed by atoms with Crippen molar-refractivity contribution in [3.8, 4) is 17.2 Å². The number of amides is 1. The van der Waals surface area contributed by atoms with Crippen molar-refractivity contribution in [1.29, 1.82) is 0 Å². The summed E-state index contributed by atoms with van der Waals surface area (Å²) in [5.41, 5.74) is 1.17. The Hall–Kier alpha value is -3.41. The number of fused-ring (bicyclic) bond motifs is 1. The molecule has 4 rings (SSSR count).